The number of hydrogen-bond donors (Lipinski definition) is 1. The molecule has 2 heterocycles. The van der Waals surface area contributed by atoms with Crippen molar-refractivity contribution < 1.29 is 23.9 Å². The molecular formula is C32H30N2O5. The fraction of sp³-hybridized carbons (Fsp3) is 0.219. The normalized spacial score (nSPS) is 11.1. The van der Waals surface area contributed by atoms with Crippen LogP contribution in [0, 0.1) is 13.8 Å². The summed E-state index contributed by atoms with van der Waals surface area (Å²) in [6, 6.07) is 23.0. The third-order valence-corrected chi connectivity index (χ3v) is 6.67. The summed E-state index contributed by atoms with van der Waals surface area (Å²) in [5.74, 6) is 1.39. The van der Waals surface area contributed by atoms with Crippen LogP contribution >= 0.6 is 0 Å². The van der Waals surface area contributed by atoms with Gasteiger partial charge in [-0.15, -0.1) is 0 Å². The van der Waals surface area contributed by atoms with Crippen LogP contribution in [0.1, 0.15) is 52.0 Å². The third kappa shape index (κ3) is 5.77. The Labute approximate surface area is 227 Å². The van der Waals surface area contributed by atoms with Gasteiger partial charge in [-0.3, -0.25) is 0 Å². The maximum atomic E-state index is 11.2. The first kappa shape index (κ1) is 26.0. The number of aromatic nitrogens is 2. The van der Waals surface area contributed by atoms with Gasteiger partial charge >= 0.3 is 5.97 Å². The maximum absolute atomic E-state index is 11.2. The molecule has 3 aromatic carbocycles. The predicted octanol–water partition coefficient (Wildman–Crippen LogP) is 7.32. The maximum Gasteiger partial charge on any atom is 0.354 e. The molecule has 0 unspecified atom stereocenters. The summed E-state index contributed by atoms with van der Waals surface area (Å²) in [4.78, 5) is 15.4. The van der Waals surface area contributed by atoms with Crippen molar-refractivity contribution in [3.63, 3.8) is 0 Å². The Balaban J connectivity index is 1.29. The summed E-state index contributed by atoms with van der Waals surface area (Å²) in [5, 5.41) is 14.3. The van der Waals surface area contributed by atoms with Crippen LogP contribution < -0.4 is 9.47 Å². The summed E-state index contributed by atoms with van der Waals surface area (Å²) in [5.41, 5.74) is 6.54. The lowest BCUT2D eigenvalue weighted by Crippen LogP contribution is -2.05. The fourth-order valence-corrected chi connectivity index (χ4v) is 4.57. The number of carbonyl (C=O) groups is 1. The Morgan fingerprint density at radius 1 is 0.897 bits per heavy atom. The molecule has 5 rings (SSSR count). The number of rotatable bonds is 10. The number of carboxylic acids is 1. The van der Waals surface area contributed by atoms with Crippen LogP contribution in [0.15, 0.2) is 77.3 Å². The number of ether oxygens (including phenoxy) is 2. The van der Waals surface area contributed by atoms with E-state index < -0.39 is 5.97 Å². The molecule has 39 heavy (non-hydrogen) atoms. The Kier molecular flexibility index (Phi) is 7.59. The lowest BCUT2D eigenvalue weighted by atomic mass is 10.0. The van der Waals surface area contributed by atoms with Crippen LogP contribution in [0.5, 0.6) is 11.5 Å². The van der Waals surface area contributed by atoms with E-state index in [0.29, 0.717) is 18.7 Å². The molecule has 0 saturated heterocycles. The monoisotopic (exact) mass is 522 g/mol. The van der Waals surface area contributed by atoms with Gasteiger partial charge in [-0.1, -0.05) is 54.5 Å². The molecule has 0 saturated carbocycles. The minimum absolute atomic E-state index is 0.0340. The van der Waals surface area contributed by atoms with Crippen LogP contribution in [0.25, 0.3) is 22.0 Å². The molecule has 0 radical (unpaired) electrons. The number of hydrogen-bond acceptors (Lipinski definition) is 6. The first-order chi connectivity index (χ1) is 18.9. The van der Waals surface area contributed by atoms with E-state index in [1.54, 1.807) is 6.07 Å². The minimum Gasteiger partial charge on any atom is -0.489 e. The topological polar surface area (TPSA) is 94.7 Å². The Morgan fingerprint density at radius 2 is 1.64 bits per heavy atom. The molecule has 0 fully saturated rings. The van der Waals surface area contributed by atoms with Gasteiger partial charge in [-0.05, 0) is 72.9 Å². The second kappa shape index (κ2) is 11.4. The molecule has 0 bridgehead atoms. The van der Waals surface area contributed by atoms with Gasteiger partial charge in [0.2, 0.25) is 0 Å². The van der Waals surface area contributed by atoms with Crippen LogP contribution in [0.2, 0.25) is 0 Å². The number of aromatic carboxylic acids is 1. The van der Waals surface area contributed by atoms with Crippen LogP contribution in [-0.2, 0) is 19.6 Å². The molecule has 2 aromatic heterocycles. The molecule has 0 aliphatic rings. The van der Waals surface area contributed by atoms with E-state index in [1.807, 2.05) is 74.5 Å². The highest BCUT2D eigenvalue weighted by atomic mass is 16.5. The van der Waals surface area contributed by atoms with E-state index in [4.69, 9.17) is 19.1 Å². The van der Waals surface area contributed by atoms with Crippen molar-refractivity contribution in [1.29, 1.82) is 0 Å². The fourth-order valence-electron chi connectivity index (χ4n) is 4.57. The lowest BCUT2D eigenvalue weighted by molar-refractivity contribution is 0.0691. The molecule has 1 N–H and O–H groups in total. The Hall–Kier alpha value is -4.65. The number of fused-ring (bicyclic) bond motifs is 1. The number of carboxylic acid groups (broad SMARTS) is 1. The van der Waals surface area contributed by atoms with Crippen LogP contribution in [0.3, 0.4) is 0 Å². The van der Waals surface area contributed by atoms with Gasteiger partial charge in [0.25, 0.3) is 0 Å². The minimum atomic E-state index is -1.04. The van der Waals surface area contributed by atoms with E-state index in [0.717, 1.165) is 69.0 Å². The molecule has 0 spiro atoms. The molecule has 0 amide bonds. The Bertz CT molecular complexity index is 1600. The van der Waals surface area contributed by atoms with Crippen LogP contribution in [0.4, 0.5) is 0 Å². The third-order valence-electron chi connectivity index (χ3n) is 6.67. The highest BCUT2D eigenvalue weighted by Crippen LogP contribution is 2.28. The summed E-state index contributed by atoms with van der Waals surface area (Å²) in [6.07, 6.45) is 1.71. The number of benzene rings is 3. The zero-order chi connectivity index (χ0) is 27.4. The molecular weight excluding hydrogens is 492 g/mol. The smallest absolute Gasteiger partial charge is 0.354 e. The van der Waals surface area contributed by atoms with Crippen molar-refractivity contribution in [1.82, 2.24) is 10.1 Å². The van der Waals surface area contributed by atoms with Gasteiger partial charge in [0.05, 0.1) is 11.1 Å². The van der Waals surface area contributed by atoms with Crippen molar-refractivity contribution >= 4 is 16.9 Å². The van der Waals surface area contributed by atoms with Gasteiger partial charge in [-0.25, -0.2) is 9.78 Å². The molecule has 0 aliphatic carbocycles. The van der Waals surface area contributed by atoms with E-state index in [-0.39, 0.29) is 5.69 Å². The summed E-state index contributed by atoms with van der Waals surface area (Å²) in [7, 11) is 0. The van der Waals surface area contributed by atoms with Gasteiger partial charge < -0.3 is 19.1 Å². The average molecular weight is 523 g/mol. The van der Waals surface area contributed by atoms with E-state index in [1.165, 1.54) is 6.07 Å². The van der Waals surface area contributed by atoms with E-state index in [9.17, 15) is 4.79 Å². The van der Waals surface area contributed by atoms with Crippen molar-refractivity contribution in [2.24, 2.45) is 0 Å². The number of para-hydroxylation sites is 1. The molecule has 7 nitrogen and oxygen atoms in total. The van der Waals surface area contributed by atoms with Crippen molar-refractivity contribution in [3.05, 3.63) is 107 Å². The SMILES string of the molecule is CCCc1onc(COc2c(C)cccc2C)c1COc1ccc(-c2ccc3nc(C(=O)O)ccc3c2)cc1. The van der Waals surface area contributed by atoms with Crippen LogP contribution in [-0.4, -0.2) is 21.2 Å². The summed E-state index contributed by atoms with van der Waals surface area (Å²) < 4.78 is 18.0. The van der Waals surface area contributed by atoms with Crippen molar-refractivity contribution in [2.45, 2.75) is 46.8 Å². The zero-order valence-corrected chi connectivity index (χ0v) is 22.2. The quantitative estimate of drug-likeness (QED) is 0.205. The molecule has 5 aromatic rings. The first-order valence-corrected chi connectivity index (χ1v) is 13.0. The van der Waals surface area contributed by atoms with Gasteiger partial charge in [0.1, 0.15) is 41.9 Å². The number of pyridine rings is 1. The van der Waals surface area contributed by atoms with E-state index in [2.05, 4.69) is 17.1 Å². The second-order valence-electron chi connectivity index (χ2n) is 9.51. The first-order valence-electron chi connectivity index (χ1n) is 13.0. The molecule has 198 valence electrons. The molecule has 0 aliphatic heterocycles. The largest absolute Gasteiger partial charge is 0.489 e. The number of aryl methyl sites for hydroxylation is 3. The number of nitrogens with zero attached hydrogens (tertiary/aromatic N) is 2. The van der Waals surface area contributed by atoms with Gasteiger partial charge in [-0.2, -0.15) is 0 Å². The van der Waals surface area contributed by atoms with Gasteiger partial charge in [0.15, 0.2) is 0 Å². The Morgan fingerprint density at radius 3 is 2.36 bits per heavy atom. The van der Waals surface area contributed by atoms with Crippen molar-refractivity contribution in [3.8, 4) is 22.6 Å². The lowest BCUT2D eigenvalue weighted by Gasteiger charge is -2.12. The predicted molar refractivity (Wildman–Crippen MR) is 149 cm³/mol. The van der Waals surface area contributed by atoms with Gasteiger partial charge in [0, 0.05) is 11.8 Å². The highest BCUT2D eigenvalue weighted by molar-refractivity contribution is 5.91. The molecule has 7 heteroatoms. The average Bonchev–Trinajstić information content (AvgIpc) is 3.32. The zero-order valence-electron chi connectivity index (χ0n) is 22.2. The van der Waals surface area contributed by atoms with E-state index >= 15 is 0 Å². The highest BCUT2D eigenvalue weighted by Gasteiger charge is 2.18. The van der Waals surface area contributed by atoms with Crippen molar-refractivity contribution in [2.75, 3.05) is 0 Å². The summed E-state index contributed by atoms with van der Waals surface area (Å²) >= 11 is 0. The molecule has 0 atom stereocenters. The standard InChI is InChI=1S/C32H30N2O5/c1-4-6-30-26(29(34-39-30)19-38-31-20(2)7-5-8-21(31)3)18-37-25-13-9-22(10-14-25)23-11-15-27-24(17-23)12-16-28(33-27)32(35)36/h5,7-17H,4,6,18-19H2,1-3H3,(H,35,36). The summed E-state index contributed by atoms with van der Waals surface area (Å²) in [6.45, 7) is 6.81. The second-order valence-corrected chi connectivity index (χ2v) is 9.51.